The summed E-state index contributed by atoms with van der Waals surface area (Å²) in [6.45, 7) is 7.44. The van der Waals surface area contributed by atoms with Crippen molar-refractivity contribution in [3.63, 3.8) is 0 Å². The highest BCUT2D eigenvalue weighted by atomic mass is 16.5. The molecule has 2 aromatic carbocycles. The number of likely N-dealkylation sites (tertiary alicyclic amines) is 1. The molecule has 2 amide bonds. The summed E-state index contributed by atoms with van der Waals surface area (Å²) >= 11 is 0. The molecule has 0 unspecified atom stereocenters. The Bertz CT molecular complexity index is 985. The quantitative estimate of drug-likeness (QED) is 0.728. The summed E-state index contributed by atoms with van der Waals surface area (Å²) in [4.78, 5) is 32.1. The Kier molecular flexibility index (Phi) is 5.87. The molecule has 0 aliphatic carbocycles. The molecule has 2 fully saturated rings. The van der Waals surface area contributed by atoms with E-state index in [9.17, 15) is 9.59 Å². The van der Waals surface area contributed by atoms with E-state index >= 15 is 0 Å². The first-order valence-corrected chi connectivity index (χ1v) is 11.7. The van der Waals surface area contributed by atoms with E-state index in [1.807, 2.05) is 47.1 Å². The third kappa shape index (κ3) is 4.24. The van der Waals surface area contributed by atoms with Crippen LogP contribution in [0.1, 0.15) is 36.1 Å². The molecule has 2 aromatic rings. The average molecular weight is 434 g/mol. The number of carbonyl (C=O) groups excluding carboxylic acids is 2. The van der Waals surface area contributed by atoms with Crippen LogP contribution >= 0.6 is 0 Å². The SMILES string of the molecule is C[C@H](c1ccccc1)N1C[C@H](C(=O)N2CCN(Cc3ccc4c(c3)CCO4)CC2)CC1=O. The van der Waals surface area contributed by atoms with Crippen LogP contribution in [0.4, 0.5) is 0 Å². The minimum Gasteiger partial charge on any atom is -0.493 e. The van der Waals surface area contributed by atoms with Gasteiger partial charge in [0.2, 0.25) is 11.8 Å². The third-order valence-electron chi connectivity index (χ3n) is 7.10. The maximum atomic E-state index is 13.2. The molecule has 5 rings (SSSR count). The average Bonchev–Trinajstić information content (AvgIpc) is 3.45. The molecule has 2 saturated heterocycles. The molecule has 0 aromatic heterocycles. The highest BCUT2D eigenvalue weighted by Crippen LogP contribution is 2.30. The summed E-state index contributed by atoms with van der Waals surface area (Å²) in [6.07, 6.45) is 1.32. The zero-order chi connectivity index (χ0) is 22.1. The van der Waals surface area contributed by atoms with Gasteiger partial charge in [-0.1, -0.05) is 42.5 Å². The van der Waals surface area contributed by atoms with Crippen LogP contribution in [-0.2, 0) is 22.6 Å². The minimum atomic E-state index is -0.225. The molecule has 0 bridgehead atoms. The van der Waals surface area contributed by atoms with Gasteiger partial charge >= 0.3 is 0 Å². The second-order valence-electron chi connectivity index (χ2n) is 9.18. The molecule has 3 heterocycles. The third-order valence-corrected chi connectivity index (χ3v) is 7.10. The Hall–Kier alpha value is -2.86. The minimum absolute atomic E-state index is 0.00364. The van der Waals surface area contributed by atoms with Crippen molar-refractivity contribution in [3.05, 3.63) is 65.2 Å². The maximum Gasteiger partial charge on any atom is 0.228 e. The van der Waals surface area contributed by atoms with E-state index < -0.39 is 0 Å². The van der Waals surface area contributed by atoms with E-state index in [2.05, 4.69) is 23.1 Å². The second kappa shape index (κ2) is 8.94. The predicted molar refractivity (Wildman–Crippen MR) is 122 cm³/mol. The highest BCUT2D eigenvalue weighted by molar-refractivity contribution is 5.89. The number of piperazine rings is 1. The molecule has 0 saturated carbocycles. The molecule has 0 spiro atoms. The van der Waals surface area contributed by atoms with E-state index in [4.69, 9.17) is 4.74 Å². The van der Waals surface area contributed by atoms with E-state index in [0.717, 1.165) is 57.1 Å². The zero-order valence-electron chi connectivity index (χ0n) is 18.7. The van der Waals surface area contributed by atoms with Crippen LogP contribution < -0.4 is 4.74 Å². The van der Waals surface area contributed by atoms with Gasteiger partial charge in [0.05, 0.1) is 18.6 Å². The molecular formula is C26H31N3O3. The topological polar surface area (TPSA) is 53.1 Å². The Morgan fingerprint density at radius 2 is 1.88 bits per heavy atom. The fourth-order valence-electron chi connectivity index (χ4n) is 5.16. The molecule has 0 N–H and O–H groups in total. The lowest BCUT2D eigenvalue weighted by atomic mass is 10.1. The summed E-state index contributed by atoms with van der Waals surface area (Å²) < 4.78 is 5.60. The van der Waals surface area contributed by atoms with Gasteiger partial charge in [0, 0.05) is 52.1 Å². The van der Waals surface area contributed by atoms with Crippen LogP contribution in [0.25, 0.3) is 0 Å². The summed E-state index contributed by atoms with van der Waals surface area (Å²) in [7, 11) is 0. The number of nitrogens with zero attached hydrogens (tertiary/aromatic N) is 3. The van der Waals surface area contributed by atoms with Crippen LogP contribution in [-0.4, -0.2) is 65.8 Å². The van der Waals surface area contributed by atoms with Gasteiger partial charge in [-0.3, -0.25) is 14.5 Å². The number of hydrogen-bond acceptors (Lipinski definition) is 4. The standard InChI is InChI=1S/C26H31N3O3/c1-19(21-5-3-2-4-6-21)29-18-23(16-25(29)30)26(31)28-12-10-27(11-13-28)17-20-7-8-24-22(15-20)9-14-32-24/h2-8,15,19,23H,9-14,16-18H2,1H3/t19-,23-/m1/s1. The molecule has 6 nitrogen and oxygen atoms in total. The van der Waals surface area contributed by atoms with Gasteiger partial charge in [-0.15, -0.1) is 0 Å². The smallest absolute Gasteiger partial charge is 0.228 e. The first kappa shape index (κ1) is 21.0. The van der Waals surface area contributed by atoms with E-state index in [1.54, 1.807) is 0 Å². The van der Waals surface area contributed by atoms with Crippen molar-refractivity contribution in [2.45, 2.75) is 32.4 Å². The number of ether oxygens (including phenoxy) is 1. The molecule has 3 aliphatic heterocycles. The Labute approximate surface area is 189 Å². The largest absolute Gasteiger partial charge is 0.493 e. The predicted octanol–water partition coefficient (Wildman–Crippen LogP) is 2.88. The van der Waals surface area contributed by atoms with Crippen molar-refractivity contribution in [2.24, 2.45) is 5.92 Å². The van der Waals surface area contributed by atoms with Gasteiger partial charge in [-0.2, -0.15) is 0 Å². The summed E-state index contributed by atoms with van der Waals surface area (Å²) in [6, 6.07) is 16.5. The zero-order valence-corrected chi connectivity index (χ0v) is 18.7. The van der Waals surface area contributed by atoms with Gasteiger partial charge < -0.3 is 14.5 Å². The first-order chi connectivity index (χ1) is 15.6. The number of amides is 2. The number of rotatable bonds is 5. The fraction of sp³-hybridized carbons (Fsp3) is 0.462. The number of hydrogen-bond donors (Lipinski definition) is 0. The highest BCUT2D eigenvalue weighted by Gasteiger charge is 2.39. The van der Waals surface area contributed by atoms with Gasteiger partial charge in [0.15, 0.2) is 0 Å². The van der Waals surface area contributed by atoms with Crippen LogP contribution in [0, 0.1) is 5.92 Å². The Balaban J connectivity index is 1.14. The second-order valence-corrected chi connectivity index (χ2v) is 9.18. The summed E-state index contributed by atoms with van der Waals surface area (Å²) in [5.74, 6) is 1.01. The lowest BCUT2D eigenvalue weighted by Gasteiger charge is -2.36. The molecular weight excluding hydrogens is 402 g/mol. The van der Waals surface area contributed by atoms with Crippen LogP contribution in [0.3, 0.4) is 0 Å². The fourth-order valence-corrected chi connectivity index (χ4v) is 5.16. The monoisotopic (exact) mass is 433 g/mol. The number of benzene rings is 2. The molecule has 6 heteroatoms. The van der Waals surface area contributed by atoms with Gasteiger partial charge in [-0.05, 0) is 29.7 Å². The van der Waals surface area contributed by atoms with Crippen molar-refractivity contribution < 1.29 is 14.3 Å². The molecule has 2 atom stereocenters. The Morgan fingerprint density at radius 3 is 2.66 bits per heavy atom. The summed E-state index contributed by atoms with van der Waals surface area (Å²) in [5.41, 5.74) is 3.72. The number of carbonyl (C=O) groups is 2. The van der Waals surface area contributed by atoms with Crippen molar-refractivity contribution in [3.8, 4) is 5.75 Å². The Morgan fingerprint density at radius 1 is 1.09 bits per heavy atom. The van der Waals surface area contributed by atoms with Crippen LogP contribution in [0.2, 0.25) is 0 Å². The van der Waals surface area contributed by atoms with E-state index in [1.165, 1.54) is 11.1 Å². The van der Waals surface area contributed by atoms with E-state index in [-0.39, 0.29) is 23.8 Å². The summed E-state index contributed by atoms with van der Waals surface area (Å²) in [5, 5.41) is 0. The van der Waals surface area contributed by atoms with Gasteiger partial charge in [0.25, 0.3) is 0 Å². The van der Waals surface area contributed by atoms with Crippen molar-refractivity contribution in [1.82, 2.24) is 14.7 Å². The van der Waals surface area contributed by atoms with Gasteiger partial charge in [-0.25, -0.2) is 0 Å². The lowest BCUT2D eigenvalue weighted by Crippen LogP contribution is -2.50. The lowest BCUT2D eigenvalue weighted by molar-refractivity contribution is -0.137. The molecule has 32 heavy (non-hydrogen) atoms. The van der Waals surface area contributed by atoms with Crippen LogP contribution in [0.5, 0.6) is 5.75 Å². The van der Waals surface area contributed by atoms with Crippen LogP contribution in [0.15, 0.2) is 48.5 Å². The van der Waals surface area contributed by atoms with E-state index in [0.29, 0.717) is 13.0 Å². The molecule has 3 aliphatic rings. The van der Waals surface area contributed by atoms with Gasteiger partial charge in [0.1, 0.15) is 5.75 Å². The number of fused-ring (bicyclic) bond motifs is 1. The molecule has 0 radical (unpaired) electrons. The first-order valence-electron chi connectivity index (χ1n) is 11.7. The van der Waals surface area contributed by atoms with Crippen molar-refractivity contribution in [1.29, 1.82) is 0 Å². The van der Waals surface area contributed by atoms with Crippen molar-refractivity contribution in [2.75, 3.05) is 39.3 Å². The van der Waals surface area contributed by atoms with Crippen molar-refractivity contribution >= 4 is 11.8 Å². The maximum absolute atomic E-state index is 13.2. The normalized spacial score (nSPS) is 22.0. The molecule has 168 valence electrons.